The van der Waals surface area contributed by atoms with E-state index in [0.29, 0.717) is 23.3 Å². The number of hydrogen-bond acceptors (Lipinski definition) is 10. The van der Waals surface area contributed by atoms with Gasteiger partial charge < -0.3 is 8.83 Å². The van der Waals surface area contributed by atoms with Gasteiger partial charge >= 0.3 is 0 Å². The molecule has 126 heavy (non-hydrogen) atoms. The Bertz CT molecular complexity index is 7780. The molecule has 0 N–H and O–H groups in total. The van der Waals surface area contributed by atoms with Crippen molar-refractivity contribution in [1.82, 2.24) is 39.9 Å². The van der Waals surface area contributed by atoms with Gasteiger partial charge in [-0.15, -0.1) is 0 Å². The molecule has 0 saturated heterocycles. The maximum Gasteiger partial charge on any atom is 0.160 e. The van der Waals surface area contributed by atoms with Crippen molar-refractivity contribution in [2.75, 3.05) is 0 Å². The summed E-state index contributed by atoms with van der Waals surface area (Å²) in [6.45, 7) is 0. The fourth-order valence-corrected chi connectivity index (χ4v) is 16.9. The van der Waals surface area contributed by atoms with E-state index in [1.54, 1.807) is 0 Å². The van der Waals surface area contributed by atoms with Crippen LogP contribution in [-0.4, -0.2) is 39.9 Å². The van der Waals surface area contributed by atoms with Crippen LogP contribution in [0.3, 0.4) is 0 Å². The maximum atomic E-state index is 6.66. The van der Waals surface area contributed by atoms with Crippen molar-refractivity contribution in [3.63, 3.8) is 0 Å². The summed E-state index contributed by atoms with van der Waals surface area (Å²) in [5, 5.41) is 6.60. The van der Waals surface area contributed by atoms with E-state index < -0.39 is 0 Å². The van der Waals surface area contributed by atoms with Gasteiger partial charge in [0.25, 0.3) is 0 Å². The number of furan rings is 2. The molecule has 17 aromatic carbocycles. The van der Waals surface area contributed by atoms with E-state index in [1.165, 1.54) is 5.39 Å². The molecule has 590 valence electrons. The second-order valence-electron chi connectivity index (χ2n) is 31.2. The molecule has 0 amide bonds. The molecule has 6 heterocycles. The Labute approximate surface area is 727 Å². The molecule has 10 nitrogen and oxygen atoms in total. The first kappa shape index (κ1) is 75.2. The molecule has 0 aliphatic carbocycles. The highest BCUT2D eigenvalue weighted by Gasteiger charge is 2.23. The number of nitrogens with zero attached hydrogens (tertiary/aromatic N) is 8. The van der Waals surface area contributed by atoms with Crippen LogP contribution in [0.5, 0.6) is 0 Å². The van der Waals surface area contributed by atoms with Crippen LogP contribution in [0.25, 0.3) is 235 Å². The molecule has 0 aliphatic heterocycles. The van der Waals surface area contributed by atoms with Crippen molar-refractivity contribution < 1.29 is 8.83 Å². The van der Waals surface area contributed by atoms with Gasteiger partial charge in [0.15, 0.2) is 23.3 Å². The Hall–Kier alpha value is -17.1. The topological polar surface area (TPSA) is 129 Å². The standard InChI is InChI=1S/C60H38N4O.C56H36N4O/c1-4-16-42(17-5-1)53-37-54(43-18-6-2-7-19-43)62-59(61-53)45-31-27-39(28-32-45)47-35-51(58-52(36-47)50-24-12-13-26-57(50)65-58)41-29-33-46(34-30-41)60-63-55(44-20-8-3-9-21-44)38-56(64-60)49-25-14-22-40-15-10-11-23-48(40)49;1-5-16-38(17-6-1)49-35-51(59-55(57-49)41-20-9-3-10-21-41)40-30-28-37(29-31-40)45-33-47(54-48(34-45)46-26-13-14-27-53(46)61-54)43-24-15-25-44(32-43)52-36-50(39-18-7-2-8-19-39)58-56(60-52)42-22-11-4-12-23-42/h1-38H;1-36H. The largest absolute Gasteiger partial charge is 0.455 e. The van der Waals surface area contributed by atoms with Gasteiger partial charge in [-0.2, -0.15) is 0 Å². The van der Waals surface area contributed by atoms with E-state index >= 15 is 0 Å². The summed E-state index contributed by atoms with van der Waals surface area (Å²) >= 11 is 0. The lowest BCUT2D eigenvalue weighted by molar-refractivity contribution is 0.669. The zero-order valence-corrected chi connectivity index (χ0v) is 68.1. The van der Waals surface area contributed by atoms with Crippen molar-refractivity contribution in [3.8, 4) is 180 Å². The molecule has 0 bridgehead atoms. The average Bonchev–Trinajstić information content (AvgIpc) is 1.61. The Kier molecular flexibility index (Phi) is 19.8. The van der Waals surface area contributed by atoms with Crippen LogP contribution in [0.4, 0.5) is 0 Å². The van der Waals surface area contributed by atoms with Gasteiger partial charge in [-0.05, 0) is 111 Å². The third-order valence-corrected chi connectivity index (χ3v) is 23.3. The van der Waals surface area contributed by atoms with E-state index in [4.69, 9.17) is 48.7 Å². The van der Waals surface area contributed by atoms with Crippen molar-refractivity contribution in [3.05, 3.63) is 449 Å². The Morgan fingerprint density at radius 1 is 0.135 bits per heavy atom. The van der Waals surface area contributed by atoms with Crippen molar-refractivity contribution >= 4 is 54.6 Å². The SMILES string of the molecule is c1ccc(-c2cc(-c3ccc(-c4cc(-c5cccc(-c6cc(-c7ccccc7)nc(-c7ccccc7)n6)c5)c5oc6ccccc6c5c4)cc3)nc(-c3ccccc3)n2)cc1.c1ccc(-c2cc(-c3ccccc3)nc(-c3ccc(-c4cc(-c5ccc(-c6nc(-c7ccccc7)cc(-c7cccc8ccccc78)n6)cc5)c5oc6ccccc6c5c4)cc3)n2)cc1. The smallest absolute Gasteiger partial charge is 0.160 e. The van der Waals surface area contributed by atoms with Gasteiger partial charge in [0.2, 0.25) is 0 Å². The Morgan fingerprint density at radius 3 is 0.802 bits per heavy atom. The Morgan fingerprint density at radius 2 is 0.397 bits per heavy atom. The first-order valence-electron chi connectivity index (χ1n) is 42.1. The van der Waals surface area contributed by atoms with Crippen LogP contribution in [-0.2, 0) is 0 Å². The minimum atomic E-state index is 0.665. The lowest BCUT2D eigenvalue weighted by Gasteiger charge is -2.12. The van der Waals surface area contributed by atoms with E-state index in [-0.39, 0.29) is 0 Å². The van der Waals surface area contributed by atoms with Crippen molar-refractivity contribution in [1.29, 1.82) is 0 Å². The number of fused-ring (bicyclic) bond motifs is 7. The summed E-state index contributed by atoms with van der Waals surface area (Å²) in [6.07, 6.45) is 0. The summed E-state index contributed by atoms with van der Waals surface area (Å²) in [5.74, 6) is 2.72. The number of benzene rings is 17. The van der Waals surface area contributed by atoms with Gasteiger partial charge in [0.05, 0.1) is 45.6 Å². The summed E-state index contributed by atoms with van der Waals surface area (Å²) in [5.41, 5.74) is 30.9. The van der Waals surface area contributed by atoms with Crippen LogP contribution in [0.15, 0.2) is 458 Å². The fourth-order valence-electron chi connectivity index (χ4n) is 16.9. The zero-order chi connectivity index (χ0) is 83.6. The Balaban J connectivity index is 0.000000149. The first-order valence-corrected chi connectivity index (χ1v) is 42.1. The first-order chi connectivity index (χ1) is 62.4. The highest BCUT2D eigenvalue weighted by atomic mass is 16.3. The zero-order valence-electron chi connectivity index (χ0n) is 68.1. The fraction of sp³-hybridized carbons (Fsp3) is 0. The molecule has 0 fully saturated rings. The number of para-hydroxylation sites is 2. The number of hydrogen-bond donors (Lipinski definition) is 0. The van der Waals surface area contributed by atoms with E-state index in [1.807, 2.05) is 152 Å². The highest BCUT2D eigenvalue weighted by Crippen LogP contribution is 2.45. The van der Waals surface area contributed by atoms with Crippen LogP contribution in [0.2, 0.25) is 0 Å². The minimum Gasteiger partial charge on any atom is -0.455 e. The van der Waals surface area contributed by atoms with Crippen molar-refractivity contribution in [2.24, 2.45) is 0 Å². The predicted octanol–water partition coefficient (Wildman–Crippen LogP) is 30.2. The molecule has 0 spiro atoms. The molecule has 0 radical (unpaired) electrons. The summed E-state index contributed by atoms with van der Waals surface area (Å²) in [6, 6.07) is 155. The van der Waals surface area contributed by atoms with Crippen LogP contribution < -0.4 is 0 Å². The molecule has 0 unspecified atom stereocenters. The van der Waals surface area contributed by atoms with Crippen LogP contribution >= 0.6 is 0 Å². The summed E-state index contributed by atoms with van der Waals surface area (Å²) in [4.78, 5) is 40.7. The molecule has 23 rings (SSSR count). The molecule has 10 heteroatoms. The highest BCUT2D eigenvalue weighted by molar-refractivity contribution is 6.13. The lowest BCUT2D eigenvalue weighted by Crippen LogP contribution is -1.96. The van der Waals surface area contributed by atoms with Crippen LogP contribution in [0, 0.1) is 0 Å². The van der Waals surface area contributed by atoms with E-state index in [2.05, 4.69) is 297 Å². The van der Waals surface area contributed by atoms with Gasteiger partial charge in [0.1, 0.15) is 22.3 Å². The average molecular weight is 1610 g/mol. The molecule has 23 aromatic rings. The molecular weight excluding hydrogens is 1540 g/mol. The predicted molar refractivity (Wildman–Crippen MR) is 514 cm³/mol. The number of aromatic nitrogens is 8. The quantitative estimate of drug-likeness (QED) is 0.0922. The second kappa shape index (κ2) is 33.1. The molecule has 6 aromatic heterocycles. The van der Waals surface area contributed by atoms with Gasteiger partial charge in [-0.1, -0.05) is 382 Å². The van der Waals surface area contributed by atoms with E-state index in [0.717, 1.165) is 206 Å². The molecule has 0 aliphatic rings. The third-order valence-electron chi connectivity index (χ3n) is 23.3. The molecule has 0 atom stereocenters. The van der Waals surface area contributed by atoms with Gasteiger partial charge in [-0.3, -0.25) is 0 Å². The number of rotatable bonds is 16. The summed E-state index contributed by atoms with van der Waals surface area (Å²) in [7, 11) is 0. The normalized spacial score (nSPS) is 11.3. The monoisotopic (exact) mass is 1610 g/mol. The van der Waals surface area contributed by atoms with Gasteiger partial charge in [-0.25, -0.2) is 39.9 Å². The minimum absolute atomic E-state index is 0.665. The van der Waals surface area contributed by atoms with Gasteiger partial charge in [0, 0.05) is 99.4 Å². The van der Waals surface area contributed by atoms with Crippen LogP contribution in [0.1, 0.15) is 0 Å². The third kappa shape index (κ3) is 15.1. The molecule has 0 saturated carbocycles. The van der Waals surface area contributed by atoms with Crippen molar-refractivity contribution in [2.45, 2.75) is 0 Å². The second-order valence-corrected chi connectivity index (χ2v) is 31.2. The van der Waals surface area contributed by atoms with E-state index in [9.17, 15) is 0 Å². The summed E-state index contributed by atoms with van der Waals surface area (Å²) < 4.78 is 13.3. The molecular formula is C116H74N8O2. The lowest BCUT2D eigenvalue weighted by atomic mass is 9.94. The maximum absolute atomic E-state index is 6.66.